The Bertz CT molecular complexity index is 1190. The van der Waals surface area contributed by atoms with Gasteiger partial charge in [0.25, 0.3) is 5.69 Å². The first-order valence-electron chi connectivity index (χ1n) is 9.89. The number of carbonyl (C=O) groups is 2. The number of aryl methyl sites for hydroxylation is 1. The highest BCUT2D eigenvalue weighted by Crippen LogP contribution is 2.29. The van der Waals surface area contributed by atoms with Crippen LogP contribution in [0.3, 0.4) is 0 Å². The summed E-state index contributed by atoms with van der Waals surface area (Å²) in [5, 5.41) is 23.4. The highest BCUT2D eigenvalue weighted by molar-refractivity contribution is 5.81. The normalized spacial score (nSPS) is 12.4. The van der Waals surface area contributed by atoms with Crippen LogP contribution < -0.4 is 5.32 Å². The molecule has 2 aromatic heterocycles. The zero-order chi connectivity index (χ0) is 23.6. The Morgan fingerprint density at radius 1 is 1.28 bits per heavy atom. The molecule has 0 aliphatic carbocycles. The van der Waals surface area contributed by atoms with Crippen molar-refractivity contribution in [3.05, 3.63) is 64.0 Å². The maximum atomic E-state index is 12.2. The van der Waals surface area contributed by atoms with Crippen molar-refractivity contribution in [3.63, 3.8) is 0 Å². The number of non-ortho nitro benzene ring substituents is 1. The summed E-state index contributed by atoms with van der Waals surface area (Å²) in [7, 11) is 0. The van der Waals surface area contributed by atoms with Crippen molar-refractivity contribution in [2.45, 2.75) is 45.8 Å². The number of carboxylic acids is 1. The molecule has 3 aromatic rings. The van der Waals surface area contributed by atoms with Gasteiger partial charge >= 0.3 is 12.1 Å². The summed E-state index contributed by atoms with van der Waals surface area (Å²) in [6, 6.07) is 8.29. The lowest BCUT2D eigenvalue weighted by atomic mass is 10.0. The Hall–Kier alpha value is -3.95. The van der Waals surface area contributed by atoms with Crippen molar-refractivity contribution in [2.24, 2.45) is 0 Å². The number of aliphatic carboxylic acids is 1. The number of pyridine rings is 1. The van der Waals surface area contributed by atoms with Gasteiger partial charge in [-0.15, -0.1) is 0 Å². The number of carboxylic acid groups (broad SMARTS) is 1. The smallest absolute Gasteiger partial charge is 0.408 e. The third-order valence-corrected chi connectivity index (χ3v) is 4.58. The Balaban J connectivity index is 2.07. The van der Waals surface area contributed by atoms with Crippen molar-refractivity contribution in [3.8, 4) is 11.3 Å². The Morgan fingerprint density at radius 2 is 2.00 bits per heavy atom. The van der Waals surface area contributed by atoms with Gasteiger partial charge in [0.2, 0.25) is 0 Å². The molecule has 0 bridgehead atoms. The number of imidazole rings is 1. The fraction of sp³-hybridized carbons (Fsp3) is 0.318. The van der Waals surface area contributed by atoms with Crippen molar-refractivity contribution in [1.29, 1.82) is 0 Å². The number of fused-ring (bicyclic) bond motifs is 1. The number of nitrogens with zero attached hydrogens (tertiary/aromatic N) is 3. The second-order valence-electron chi connectivity index (χ2n) is 8.39. The molecule has 0 saturated carbocycles. The van der Waals surface area contributed by atoms with Crippen LogP contribution in [0.1, 0.15) is 32.0 Å². The molecule has 10 nitrogen and oxygen atoms in total. The summed E-state index contributed by atoms with van der Waals surface area (Å²) in [6.45, 7) is 6.91. The lowest BCUT2D eigenvalue weighted by Crippen LogP contribution is -2.44. The van der Waals surface area contributed by atoms with Gasteiger partial charge in [-0.25, -0.2) is 14.6 Å². The van der Waals surface area contributed by atoms with Gasteiger partial charge in [-0.2, -0.15) is 0 Å². The van der Waals surface area contributed by atoms with Crippen LogP contribution >= 0.6 is 0 Å². The fourth-order valence-corrected chi connectivity index (χ4v) is 3.24. The van der Waals surface area contributed by atoms with Crippen LogP contribution in [0.2, 0.25) is 0 Å². The molecule has 2 N–H and O–H groups in total. The number of rotatable bonds is 6. The average molecular weight is 440 g/mol. The van der Waals surface area contributed by atoms with Crippen LogP contribution in [0.15, 0.2) is 42.6 Å². The van der Waals surface area contributed by atoms with E-state index in [9.17, 15) is 24.8 Å². The number of carbonyl (C=O) groups excluding carboxylic acids is 1. The van der Waals surface area contributed by atoms with E-state index in [1.165, 1.54) is 12.1 Å². The first-order chi connectivity index (χ1) is 14.9. The highest BCUT2D eigenvalue weighted by atomic mass is 16.6. The average Bonchev–Trinajstić information content (AvgIpc) is 3.03. The Labute approximate surface area is 184 Å². The summed E-state index contributed by atoms with van der Waals surface area (Å²) in [5.74, 6) is -1.25. The van der Waals surface area contributed by atoms with Gasteiger partial charge in [-0.05, 0) is 39.3 Å². The number of benzene rings is 1. The molecule has 0 radical (unpaired) electrons. The zero-order valence-corrected chi connectivity index (χ0v) is 18.2. The number of hydrogen-bond acceptors (Lipinski definition) is 6. The van der Waals surface area contributed by atoms with E-state index in [4.69, 9.17) is 4.74 Å². The number of hydrogen-bond donors (Lipinski definition) is 2. The van der Waals surface area contributed by atoms with Crippen LogP contribution in [0.5, 0.6) is 0 Å². The third kappa shape index (κ3) is 5.20. The van der Waals surface area contributed by atoms with Gasteiger partial charge < -0.3 is 19.6 Å². The summed E-state index contributed by atoms with van der Waals surface area (Å²) in [4.78, 5) is 39.4. The number of nitro groups is 1. The topological polar surface area (TPSA) is 136 Å². The monoisotopic (exact) mass is 440 g/mol. The SMILES string of the molecule is Cc1ccc2nc(-c3cccc([N+](=O)[O-])c3)c(CC(NC(=O)OC(C)(C)C)C(=O)O)n2c1. The standard InChI is InChI=1S/C22H24N4O6/c1-13-8-9-18-24-19(14-6-5-7-15(10-14)26(30)31)17(25(18)12-13)11-16(20(27)28)23-21(29)32-22(2,3)4/h5-10,12,16H,11H2,1-4H3,(H,23,29)(H,27,28). The van der Waals surface area contributed by atoms with E-state index in [0.29, 0.717) is 22.6 Å². The molecular formula is C22H24N4O6. The number of ether oxygens (including phenoxy) is 1. The van der Waals surface area contributed by atoms with Crippen molar-refractivity contribution in [2.75, 3.05) is 0 Å². The van der Waals surface area contributed by atoms with Crippen molar-refractivity contribution in [1.82, 2.24) is 14.7 Å². The molecule has 0 spiro atoms. The quantitative estimate of drug-likeness (QED) is 0.440. The van der Waals surface area contributed by atoms with Crippen LogP contribution in [0, 0.1) is 17.0 Å². The van der Waals surface area contributed by atoms with E-state index in [2.05, 4.69) is 10.3 Å². The molecule has 0 aliphatic rings. The largest absolute Gasteiger partial charge is 0.480 e. The van der Waals surface area contributed by atoms with E-state index in [1.54, 1.807) is 49.6 Å². The second-order valence-corrected chi connectivity index (χ2v) is 8.39. The van der Waals surface area contributed by atoms with E-state index in [1.807, 2.05) is 13.0 Å². The zero-order valence-electron chi connectivity index (χ0n) is 18.2. The minimum atomic E-state index is -1.30. The van der Waals surface area contributed by atoms with Gasteiger partial charge in [-0.3, -0.25) is 10.1 Å². The molecule has 3 rings (SSSR count). The maximum Gasteiger partial charge on any atom is 0.408 e. The molecule has 0 fully saturated rings. The highest BCUT2D eigenvalue weighted by Gasteiger charge is 2.27. The summed E-state index contributed by atoms with van der Waals surface area (Å²) >= 11 is 0. The minimum Gasteiger partial charge on any atom is -0.480 e. The van der Waals surface area contributed by atoms with Crippen LogP contribution in [0.4, 0.5) is 10.5 Å². The number of aromatic nitrogens is 2. The molecule has 32 heavy (non-hydrogen) atoms. The van der Waals surface area contributed by atoms with Crippen LogP contribution in [0.25, 0.3) is 16.9 Å². The van der Waals surface area contributed by atoms with Crippen LogP contribution in [-0.4, -0.2) is 43.1 Å². The second kappa shape index (κ2) is 8.66. The van der Waals surface area contributed by atoms with Gasteiger partial charge in [0.1, 0.15) is 17.3 Å². The fourth-order valence-electron chi connectivity index (χ4n) is 3.24. The van der Waals surface area contributed by atoms with Gasteiger partial charge in [0.05, 0.1) is 16.3 Å². The lowest BCUT2D eigenvalue weighted by molar-refractivity contribution is -0.384. The lowest BCUT2D eigenvalue weighted by Gasteiger charge is -2.22. The third-order valence-electron chi connectivity index (χ3n) is 4.58. The summed E-state index contributed by atoms with van der Waals surface area (Å²) < 4.78 is 6.92. The molecule has 0 saturated heterocycles. The van der Waals surface area contributed by atoms with E-state index in [0.717, 1.165) is 5.56 Å². The number of nitrogens with one attached hydrogen (secondary N) is 1. The van der Waals surface area contributed by atoms with E-state index >= 15 is 0 Å². The predicted octanol–water partition coefficient (Wildman–Crippen LogP) is 3.74. The Morgan fingerprint density at radius 3 is 2.62 bits per heavy atom. The van der Waals surface area contributed by atoms with Gasteiger partial charge in [0, 0.05) is 30.3 Å². The predicted molar refractivity (Wildman–Crippen MR) is 117 cm³/mol. The first-order valence-corrected chi connectivity index (χ1v) is 9.89. The molecule has 168 valence electrons. The van der Waals surface area contributed by atoms with Gasteiger partial charge in [0.15, 0.2) is 0 Å². The van der Waals surface area contributed by atoms with E-state index in [-0.39, 0.29) is 12.1 Å². The Kier molecular flexibility index (Phi) is 6.15. The summed E-state index contributed by atoms with van der Waals surface area (Å²) in [5.41, 5.74) is 1.92. The van der Waals surface area contributed by atoms with Crippen molar-refractivity contribution < 1.29 is 24.4 Å². The molecular weight excluding hydrogens is 416 g/mol. The van der Waals surface area contributed by atoms with Crippen molar-refractivity contribution >= 4 is 23.4 Å². The minimum absolute atomic E-state index is 0.108. The first kappa shape index (κ1) is 22.7. The molecule has 1 amide bonds. The number of nitro benzene ring substituents is 1. The van der Waals surface area contributed by atoms with Crippen LogP contribution in [-0.2, 0) is 16.0 Å². The maximum absolute atomic E-state index is 12.2. The molecule has 0 aliphatic heterocycles. The number of alkyl carbamates (subject to hydrolysis) is 1. The molecule has 1 atom stereocenters. The molecule has 1 aromatic carbocycles. The molecule has 1 unspecified atom stereocenters. The van der Waals surface area contributed by atoms with E-state index < -0.39 is 28.6 Å². The molecule has 2 heterocycles. The number of amides is 1. The summed E-state index contributed by atoms with van der Waals surface area (Å²) in [6.07, 6.45) is 0.828. The van der Waals surface area contributed by atoms with Gasteiger partial charge in [-0.1, -0.05) is 18.2 Å². The molecule has 10 heteroatoms.